The van der Waals surface area contributed by atoms with E-state index in [4.69, 9.17) is 0 Å². The first-order chi connectivity index (χ1) is 5.43. The van der Waals surface area contributed by atoms with Crippen LogP contribution in [0.3, 0.4) is 0 Å². The third-order valence-electron chi connectivity index (χ3n) is 1.21. The molecular formula is C5H3F3N2O2. The first-order valence-electron chi connectivity index (χ1n) is 2.82. The minimum atomic E-state index is -4.70. The fourth-order valence-electron chi connectivity index (χ4n) is 0.740. The van der Waals surface area contributed by atoms with Crippen LogP contribution in [-0.2, 0) is 6.18 Å². The first-order valence-corrected chi connectivity index (χ1v) is 2.82. The van der Waals surface area contributed by atoms with Crippen molar-refractivity contribution < 1.29 is 18.1 Å². The maximum Gasteiger partial charge on any atom is 0.438 e. The monoisotopic (exact) mass is 180 g/mol. The molecule has 0 atom stereocenters. The Kier molecular flexibility index (Phi) is 1.79. The second-order valence-corrected chi connectivity index (χ2v) is 1.99. The average molecular weight is 180 g/mol. The molecule has 0 aromatic carbocycles. The van der Waals surface area contributed by atoms with Crippen LogP contribution in [0.2, 0.25) is 0 Å². The third-order valence-corrected chi connectivity index (χ3v) is 1.21. The van der Waals surface area contributed by atoms with Gasteiger partial charge < -0.3 is 4.98 Å². The summed E-state index contributed by atoms with van der Waals surface area (Å²) in [6.45, 7) is 0. The molecule has 0 amide bonds. The number of halogens is 3. The van der Waals surface area contributed by atoms with E-state index in [2.05, 4.69) is 0 Å². The highest BCUT2D eigenvalue weighted by atomic mass is 19.4. The van der Waals surface area contributed by atoms with Gasteiger partial charge in [0.2, 0.25) is 0 Å². The number of hydrogen-bond acceptors (Lipinski definition) is 2. The van der Waals surface area contributed by atoms with E-state index >= 15 is 0 Å². The fourth-order valence-corrected chi connectivity index (χ4v) is 0.740. The summed E-state index contributed by atoms with van der Waals surface area (Å²) in [7, 11) is 0. The molecule has 0 spiro atoms. The third kappa shape index (κ3) is 1.39. The number of rotatable bonds is 1. The van der Waals surface area contributed by atoms with Crippen LogP contribution in [0.15, 0.2) is 12.3 Å². The fraction of sp³-hybridized carbons (Fsp3) is 0.200. The zero-order valence-corrected chi connectivity index (χ0v) is 5.55. The molecule has 7 heteroatoms. The van der Waals surface area contributed by atoms with Crippen molar-refractivity contribution in [2.24, 2.45) is 0 Å². The number of alkyl halides is 3. The van der Waals surface area contributed by atoms with Crippen LogP contribution >= 0.6 is 0 Å². The molecule has 1 heterocycles. The molecule has 0 aliphatic rings. The Hall–Kier alpha value is -1.53. The summed E-state index contributed by atoms with van der Waals surface area (Å²) in [5.74, 6) is 0. The van der Waals surface area contributed by atoms with Gasteiger partial charge in [-0.15, -0.1) is 0 Å². The smallest absolute Gasteiger partial charge is 0.352 e. The van der Waals surface area contributed by atoms with Gasteiger partial charge in [-0.1, -0.05) is 0 Å². The lowest BCUT2D eigenvalue weighted by Crippen LogP contribution is -2.08. The van der Waals surface area contributed by atoms with Crippen LogP contribution in [0.5, 0.6) is 0 Å². The van der Waals surface area contributed by atoms with E-state index in [1.165, 1.54) is 0 Å². The molecule has 1 rings (SSSR count). The van der Waals surface area contributed by atoms with Crippen LogP contribution in [0.1, 0.15) is 5.69 Å². The number of H-pyrrole nitrogens is 1. The van der Waals surface area contributed by atoms with Crippen molar-refractivity contribution in [3.63, 3.8) is 0 Å². The molecular weight excluding hydrogens is 177 g/mol. The highest BCUT2D eigenvalue weighted by molar-refractivity contribution is 5.37. The minimum Gasteiger partial charge on any atom is -0.352 e. The van der Waals surface area contributed by atoms with Crippen molar-refractivity contribution in [2.75, 3.05) is 0 Å². The molecule has 1 N–H and O–H groups in total. The van der Waals surface area contributed by atoms with Gasteiger partial charge in [0.05, 0.1) is 4.92 Å². The van der Waals surface area contributed by atoms with Gasteiger partial charge in [-0.2, -0.15) is 13.2 Å². The van der Waals surface area contributed by atoms with Crippen LogP contribution in [0.4, 0.5) is 18.9 Å². The van der Waals surface area contributed by atoms with Gasteiger partial charge in [-0.05, 0) is 0 Å². The summed E-state index contributed by atoms with van der Waals surface area (Å²) in [5.41, 5.74) is -2.28. The highest BCUT2D eigenvalue weighted by Gasteiger charge is 2.39. The summed E-state index contributed by atoms with van der Waals surface area (Å²) in [6, 6.07) is 0.767. The molecule has 66 valence electrons. The number of aromatic amines is 1. The number of hydrogen-bond donors (Lipinski definition) is 1. The molecule has 0 saturated heterocycles. The van der Waals surface area contributed by atoms with Crippen LogP contribution < -0.4 is 0 Å². The highest BCUT2D eigenvalue weighted by Crippen LogP contribution is 2.34. The second-order valence-electron chi connectivity index (χ2n) is 1.99. The van der Waals surface area contributed by atoms with E-state index in [0.717, 1.165) is 12.3 Å². The SMILES string of the molecule is O=[N+]([O-])c1cc[nH]c1C(F)(F)F. The van der Waals surface area contributed by atoms with Crippen molar-refractivity contribution in [1.82, 2.24) is 4.98 Å². The van der Waals surface area contributed by atoms with Crippen molar-refractivity contribution in [1.29, 1.82) is 0 Å². The lowest BCUT2D eigenvalue weighted by molar-refractivity contribution is -0.388. The molecule has 0 fully saturated rings. The summed E-state index contributed by atoms with van der Waals surface area (Å²) in [6.07, 6.45) is -3.83. The molecule has 12 heavy (non-hydrogen) atoms. The first kappa shape index (κ1) is 8.57. The van der Waals surface area contributed by atoms with E-state index in [1.807, 2.05) is 0 Å². The van der Waals surface area contributed by atoms with Crippen LogP contribution in [0, 0.1) is 10.1 Å². The zero-order valence-electron chi connectivity index (χ0n) is 5.55. The van der Waals surface area contributed by atoms with Crippen molar-refractivity contribution in [3.8, 4) is 0 Å². The normalized spacial score (nSPS) is 11.6. The Morgan fingerprint density at radius 3 is 2.42 bits per heavy atom. The molecule has 1 aromatic rings. The lowest BCUT2D eigenvalue weighted by Gasteiger charge is -2.01. The molecule has 0 aliphatic heterocycles. The van der Waals surface area contributed by atoms with Gasteiger partial charge >= 0.3 is 6.18 Å². The maximum absolute atomic E-state index is 11.9. The van der Waals surface area contributed by atoms with Crippen molar-refractivity contribution >= 4 is 5.69 Å². The van der Waals surface area contributed by atoms with Gasteiger partial charge in [-0.3, -0.25) is 10.1 Å². The Bertz CT molecular complexity index is 304. The van der Waals surface area contributed by atoms with E-state index in [9.17, 15) is 23.3 Å². The summed E-state index contributed by atoms with van der Waals surface area (Å²) < 4.78 is 35.7. The molecule has 4 nitrogen and oxygen atoms in total. The van der Waals surface area contributed by atoms with Crippen molar-refractivity contribution in [3.05, 3.63) is 28.1 Å². The molecule has 0 saturated carbocycles. The van der Waals surface area contributed by atoms with Gasteiger partial charge in [-0.25, -0.2) is 0 Å². The quantitative estimate of drug-likeness (QED) is 0.530. The Morgan fingerprint density at radius 2 is 2.08 bits per heavy atom. The van der Waals surface area contributed by atoms with Crippen LogP contribution in [0.25, 0.3) is 0 Å². The lowest BCUT2D eigenvalue weighted by atomic mass is 10.4. The minimum absolute atomic E-state index is 0.767. The second kappa shape index (κ2) is 2.50. The molecule has 0 bridgehead atoms. The van der Waals surface area contributed by atoms with Gasteiger partial charge in [0, 0.05) is 12.3 Å². The van der Waals surface area contributed by atoms with Crippen LogP contribution in [-0.4, -0.2) is 9.91 Å². The van der Waals surface area contributed by atoms with E-state index in [-0.39, 0.29) is 0 Å². The molecule has 1 aromatic heterocycles. The van der Waals surface area contributed by atoms with Gasteiger partial charge in [0.25, 0.3) is 5.69 Å². The predicted molar refractivity (Wildman–Crippen MR) is 32.4 cm³/mol. The number of nitro groups is 1. The van der Waals surface area contributed by atoms with Gasteiger partial charge in [0.15, 0.2) is 5.69 Å². The topological polar surface area (TPSA) is 58.9 Å². The largest absolute Gasteiger partial charge is 0.438 e. The number of nitrogens with zero attached hydrogens (tertiary/aromatic N) is 1. The van der Waals surface area contributed by atoms with E-state index in [0.29, 0.717) is 0 Å². The Balaban J connectivity index is 3.17. The average Bonchev–Trinajstić information content (AvgIpc) is 2.30. The van der Waals surface area contributed by atoms with E-state index in [1.54, 1.807) is 4.98 Å². The Morgan fingerprint density at radius 1 is 1.50 bits per heavy atom. The summed E-state index contributed by atoms with van der Waals surface area (Å²) in [5, 5.41) is 10.0. The predicted octanol–water partition coefficient (Wildman–Crippen LogP) is 1.94. The molecule has 0 unspecified atom stereocenters. The summed E-state index contributed by atoms with van der Waals surface area (Å²) in [4.78, 5) is 10.7. The molecule has 0 radical (unpaired) electrons. The number of aromatic nitrogens is 1. The maximum atomic E-state index is 11.9. The van der Waals surface area contributed by atoms with E-state index < -0.39 is 22.5 Å². The number of nitrogens with one attached hydrogen (secondary N) is 1. The molecule has 0 aliphatic carbocycles. The zero-order chi connectivity index (χ0) is 9.35. The Labute approximate surface area is 64.2 Å². The van der Waals surface area contributed by atoms with Crippen molar-refractivity contribution in [2.45, 2.75) is 6.18 Å². The standard InChI is InChI=1S/C5H3F3N2O2/c6-5(7,8)4-3(10(11)12)1-2-9-4/h1-2,9H. The van der Waals surface area contributed by atoms with Gasteiger partial charge in [0.1, 0.15) is 0 Å². The summed E-state index contributed by atoms with van der Waals surface area (Å²) >= 11 is 0.